The largest absolute Gasteiger partial charge is 0.317 e. The first-order valence-electron chi connectivity index (χ1n) is 6.97. The van der Waals surface area contributed by atoms with Crippen LogP contribution in [0.2, 0.25) is 0 Å². The highest BCUT2D eigenvalue weighted by molar-refractivity contribution is 5.25. The Morgan fingerprint density at radius 1 is 1.18 bits per heavy atom. The average molecular weight is 231 g/mol. The summed E-state index contributed by atoms with van der Waals surface area (Å²) in [5.41, 5.74) is 2.95. The van der Waals surface area contributed by atoms with E-state index in [-0.39, 0.29) is 0 Å². The monoisotopic (exact) mass is 231 g/mol. The predicted octanol–water partition coefficient (Wildman–Crippen LogP) is 3.74. The van der Waals surface area contributed by atoms with Crippen molar-refractivity contribution in [3.05, 3.63) is 35.4 Å². The van der Waals surface area contributed by atoms with Crippen molar-refractivity contribution in [1.82, 2.24) is 5.32 Å². The van der Waals surface area contributed by atoms with Crippen LogP contribution >= 0.6 is 0 Å². The highest BCUT2D eigenvalue weighted by Crippen LogP contribution is 2.29. The SMILES string of the molecule is CNC1CCCC1Cc1ccc(C(C)C)cc1. The van der Waals surface area contributed by atoms with Gasteiger partial charge < -0.3 is 5.32 Å². The molecule has 1 aliphatic carbocycles. The Balaban J connectivity index is 1.99. The summed E-state index contributed by atoms with van der Waals surface area (Å²) in [6.07, 6.45) is 5.37. The fourth-order valence-electron chi connectivity index (χ4n) is 3.00. The van der Waals surface area contributed by atoms with Crippen LogP contribution < -0.4 is 5.32 Å². The van der Waals surface area contributed by atoms with Gasteiger partial charge in [-0.15, -0.1) is 0 Å². The fraction of sp³-hybridized carbons (Fsp3) is 0.625. The summed E-state index contributed by atoms with van der Waals surface area (Å²) in [5, 5.41) is 3.46. The lowest BCUT2D eigenvalue weighted by molar-refractivity contribution is 0.423. The van der Waals surface area contributed by atoms with E-state index in [0.717, 1.165) is 12.0 Å². The summed E-state index contributed by atoms with van der Waals surface area (Å²) in [4.78, 5) is 0. The third-order valence-corrected chi connectivity index (χ3v) is 4.17. The minimum atomic E-state index is 0.639. The van der Waals surface area contributed by atoms with Crippen molar-refractivity contribution in [2.45, 2.75) is 51.5 Å². The van der Waals surface area contributed by atoms with Crippen LogP contribution in [-0.2, 0) is 6.42 Å². The molecule has 0 bridgehead atoms. The van der Waals surface area contributed by atoms with Gasteiger partial charge in [0.25, 0.3) is 0 Å². The van der Waals surface area contributed by atoms with Gasteiger partial charge in [-0.3, -0.25) is 0 Å². The third kappa shape index (κ3) is 3.10. The third-order valence-electron chi connectivity index (χ3n) is 4.17. The Hall–Kier alpha value is -0.820. The van der Waals surface area contributed by atoms with Crippen LogP contribution in [0.25, 0.3) is 0 Å². The van der Waals surface area contributed by atoms with Crippen LogP contribution in [0.15, 0.2) is 24.3 Å². The summed E-state index contributed by atoms with van der Waals surface area (Å²) < 4.78 is 0. The van der Waals surface area contributed by atoms with Crippen molar-refractivity contribution in [3.63, 3.8) is 0 Å². The molecule has 1 saturated carbocycles. The van der Waals surface area contributed by atoms with Crippen molar-refractivity contribution in [2.24, 2.45) is 5.92 Å². The van der Waals surface area contributed by atoms with E-state index in [1.54, 1.807) is 0 Å². The Morgan fingerprint density at radius 3 is 2.47 bits per heavy atom. The molecular weight excluding hydrogens is 206 g/mol. The zero-order valence-corrected chi connectivity index (χ0v) is 11.4. The van der Waals surface area contributed by atoms with Crippen LogP contribution in [-0.4, -0.2) is 13.1 Å². The number of benzene rings is 1. The quantitative estimate of drug-likeness (QED) is 0.832. The molecule has 1 heteroatoms. The van der Waals surface area contributed by atoms with Gasteiger partial charge in [-0.05, 0) is 49.3 Å². The highest BCUT2D eigenvalue weighted by Gasteiger charge is 2.25. The minimum absolute atomic E-state index is 0.639. The van der Waals surface area contributed by atoms with E-state index in [9.17, 15) is 0 Å². The molecule has 1 N–H and O–H groups in total. The second-order valence-electron chi connectivity index (χ2n) is 5.69. The maximum atomic E-state index is 3.46. The van der Waals surface area contributed by atoms with Crippen LogP contribution in [0.5, 0.6) is 0 Å². The molecule has 0 aromatic heterocycles. The molecule has 1 aromatic carbocycles. The van der Waals surface area contributed by atoms with Crippen molar-refractivity contribution in [1.29, 1.82) is 0 Å². The van der Waals surface area contributed by atoms with Crippen LogP contribution in [0, 0.1) is 5.92 Å². The molecule has 0 radical (unpaired) electrons. The summed E-state index contributed by atoms with van der Waals surface area (Å²) in [6.45, 7) is 4.51. The molecule has 0 aliphatic heterocycles. The maximum Gasteiger partial charge on any atom is 0.00955 e. The van der Waals surface area contributed by atoms with Gasteiger partial charge in [-0.2, -0.15) is 0 Å². The summed E-state index contributed by atoms with van der Waals surface area (Å²) in [6, 6.07) is 9.97. The molecule has 2 unspecified atom stereocenters. The van der Waals surface area contributed by atoms with Gasteiger partial charge in [-0.25, -0.2) is 0 Å². The number of rotatable bonds is 4. The molecule has 0 amide bonds. The molecule has 1 aliphatic rings. The van der Waals surface area contributed by atoms with E-state index in [1.165, 1.54) is 36.8 Å². The Kier molecular flexibility index (Phi) is 4.22. The van der Waals surface area contributed by atoms with Crippen molar-refractivity contribution >= 4 is 0 Å². The first-order valence-corrected chi connectivity index (χ1v) is 6.97. The Labute approximate surface area is 106 Å². The van der Waals surface area contributed by atoms with Crippen LogP contribution in [0.4, 0.5) is 0 Å². The number of nitrogens with one attached hydrogen (secondary N) is 1. The maximum absolute atomic E-state index is 3.46. The summed E-state index contributed by atoms with van der Waals surface area (Å²) in [7, 11) is 2.10. The smallest absolute Gasteiger partial charge is 0.00955 e. The summed E-state index contributed by atoms with van der Waals surface area (Å²) in [5.74, 6) is 1.48. The average Bonchev–Trinajstić information content (AvgIpc) is 2.77. The van der Waals surface area contributed by atoms with E-state index >= 15 is 0 Å². The van der Waals surface area contributed by atoms with Gasteiger partial charge in [0.2, 0.25) is 0 Å². The van der Waals surface area contributed by atoms with E-state index in [1.807, 2.05) is 0 Å². The van der Waals surface area contributed by atoms with Gasteiger partial charge in [0.1, 0.15) is 0 Å². The summed E-state index contributed by atoms with van der Waals surface area (Å²) >= 11 is 0. The van der Waals surface area contributed by atoms with Gasteiger partial charge in [0.15, 0.2) is 0 Å². The van der Waals surface area contributed by atoms with Gasteiger partial charge >= 0.3 is 0 Å². The fourth-order valence-corrected chi connectivity index (χ4v) is 3.00. The lowest BCUT2D eigenvalue weighted by Gasteiger charge is -2.19. The van der Waals surface area contributed by atoms with Crippen LogP contribution in [0.3, 0.4) is 0 Å². The van der Waals surface area contributed by atoms with Crippen molar-refractivity contribution < 1.29 is 0 Å². The van der Waals surface area contributed by atoms with Gasteiger partial charge in [0, 0.05) is 6.04 Å². The standard InChI is InChI=1S/C16H25N/c1-12(2)14-9-7-13(8-10-14)11-15-5-4-6-16(15)17-3/h7-10,12,15-17H,4-6,11H2,1-3H3. The second-order valence-corrected chi connectivity index (χ2v) is 5.69. The highest BCUT2D eigenvalue weighted by atomic mass is 14.9. The normalized spacial score (nSPS) is 24.5. The molecule has 2 atom stereocenters. The molecule has 0 spiro atoms. The van der Waals surface area contributed by atoms with Crippen molar-refractivity contribution in [3.8, 4) is 0 Å². The molecule has 1 nitrogen and oxygen atoms in total. The van der Waals surface area contributed by atoms with E-state index in [2.05, 4.69) is 50.5 Å². The lowest BCUT2D eigenvalue weighted by Crippen LogP contribution is -2.30. The Morgan fingerprint density at radius 2 is 1.88 bits per heavy atom. The lowest BCUT2D eigenvalue weighted by atomic mass is 9.93. The van der Waals surface area contributed by atoms with E-state index in [0.29, 0.717) is 5.92 Å². The van der Waals surface area contributed by atoms with E-state index < -0.39 is 0 Å². The molecule has 1 aromatic rings. The second kappa shape index (κ2) is 5.68. The Bertz CT molecular complexity index is 339. The first kappa shape index (κ1) is 12.6. The molecule has 17 heavy (non-hydrogen) atoms. The molecule has 1 fully saturated rings. The number of hydrogen-bond donors (Lipinski definition) is 1. The number of hydrogen-bond acceptors (Lipinski definition) is 1. The van der Waals surface area contributed by atoms with E-state index in [4.69, 9.17) is 0 Å². The topological polar surface area (TPSA) is 12.0 Å². The first-order chi connectivity index (χ1) is 8.20. The van der Waals surface area contributed by atoms with Gasteiger partial charge in [-0.1, -0.05) is 44.5 Å². The molecule has 0 saturated heterocycles. The molecule has 2 rings (SSSR count). The van der Waals surface area contributed by atoms with Crippen molar-refractivity contribution in [2.75, 3.05) is 7.05 Å². The van der Waals surface area contributed by atoms with Crippen LogP contribution in [0.1, 0.15) is 50.2 Å². The minimum Gasteiger partial charge on any atom is -0.317 e. The zero-order chi connectivity index (χ0) is 12.3. The molecular formula is C16H25N. The zero-order valence-electron chi connectivity index (χ0n) is 11.4. The molecule has 0 heterocycles. The van der Waals surface area contributed by atoms with Gasteiger partial charge in [0.05, 0.1) is 0 Å². The molecule has 94 valence electrons. The predicted molar refractivity (Wildman–Crippen MR) is 74.4 cm³/mol.